The first kappa shape index (κ1) is 22.0. The van der Waals surface area contributed by atoms with Gasteiger partial charge in [0.15, 0.2) is 0 Å². The molecular formula is C22H27FN6O3S. The molecule has 1 aliphatic heterocycles. The van der Waals surface area contributed by atoms with Gasteiger partial charge in [-0.15, -0.1) is 0 Å². The number of nitrogens with one attached hydrogen (secondary N) is 2. The summed E-state index contributed by atoms with van der Waals surface area (Å²) in [5.74, 6) is -0.718. The second-order valence-corrected chi connectivity index (χ2v) is 11.2. The minimum atomic E-state index is -3.99. The van der Waals surface area contributed by atoms with E-state index in [1.807, 2.05) is 11.8 Å². The molecule has 9 nitrogen and oxygen atoms in total. The summed E-state index contributed by atoms with van der Waals surface area (Å²) in [6, 6.07) is 2.58. The Bertz CT molecular complexity index is 1360. The molecular weight excluding hydrogens is 447 g/mol. The van der Waals surface area contributed by atoms with Gasteiger partial charge in [-0.1, -0.05) is 0 Å². The van der Waals surface area contributed by atoms with Crippen LogP contribution in [0.3, 0.4) is 0 Å². The number of carbonyl (C=O) groups excluding carboxylic acids is 1. The molecule has 3 aromatic rings. The van der Waals surface area contributed by atoms with E-state index >= 15 is 4.39 Å². The lowest BCUT2D eigenvalue weighted by atomic mass is 9.91. The van der Waals surface area contributed by atoms with Crippen LogP contribution in [0.25, 0.3) is 21.9 Å². The molecule has 0 spiro atoms. The van der Waals surface area contributed by atoms with Gasteiger partial charge >= 0.3 is 6.03 Å². The van der Waals surface area contributed by atoms with Crippen LogP contribution in [0.2, 0.25) is 0 Å². The van der Waals surface area contributed by atoms with E-state index in [1.165, 1.54) is 18.5 Å². The molecule has 2 aromatic heterocycles. The standard InChI is InChI=1S/C22H27FN6O3S/c1-22(6-7-22)27-33(31,32)17-11-16-14(10-15(17)23)18-19(24-12-25-20(18)26-16)13-4-8-29(9-5-13)21(30)28(2)3/h10-13,27H,4-9H2,1-3H3,(H,24,25,26). The normalized spacial score (nSPS) is 18.7. The Morgan fingerprint density at radius 3 is 2.58 bits per heavy atom. The van der Waals surface area contributed by atoms with Crippen LogP contribution < -0.4 is 4.72 Å². The molecule has 2 aliphatic rings. The van der Waals surface area contributed by atoms with Gasteiger partial charge in [0.25, 0.3) is 0 Å². The van der Waals surface area contributed by atoms with Crippen molar-refractivity contribution in [2.75, 3.05) is 27.2 Å². The third-order valence-corrected chi connectivity index (χ3v) is 8.33. The Kier molecular flexibility index (Phi) is 5.09. The molecule has 1 aromatic carbocycles. The third-order valence-electron chi connectivity index (χ3n) is 6.68. The van der Waals surface area contributed by atoms with E-state index in [-0.39, 0.29) is 16.8 Å². The van der Waals surface area contributed by atoms with Crippen molar-refractivity contribution in [1.29, 1.82) is 0 Å². The molecule has 11 heteroatoms. The minimum Gasteiger partial charge on any atom is -0.339 e. The van der Waals surface area contributed by atoms with Gasteiger partial charge in [0, 0.05) is 54.9 Å². The van der Waals surface area contributed by atoms with Crippen LogP contribution in [0.4, 0.5) is 9.18 Å². The zero-order valence-electron chi connectivity index (χ0n) is 18.9. The van der Waals surface area contributed by atoms with Crippen LogP contribution in [0.15, 0.2) is 23.4 Å². The molecule has 176 valence electrons. The highest BCUT2D eigenvalue weighted by molar-refractivity contribution is 7.89. The van der Waals surface area contributed by atoms with E-state index in [4.69, 9.17) is 0 Å². The maximum Gasteiger partial charge on any atom is 0.319 e. The van der Waals surface area contributed by atoms with E-state index < -0.39 is 21.4 Å². The monoisotopic (exact) mass is 474 g/mol. The maximum atomic E-state index is 15.1. The van der Waals surface area contributed by atoms with E-state index in [1.54, 1.807) is 19.0 Å². The van der Waals surface area contributed by atoms with Gasteiger partial charge in [-0.3, -0.25) is 0 Å². The average molecular weight is 475 g/mol. The minimum absolute atomic E-state index is 0.0159. The van der Waals surface area contributed by atoms with Crippen molar-refractivity contribution in [1.82, 2.24) is 29.5 Å². The van der Waals surface area contributed by atoms with Gasteiger partial charge in [0.1, 0.15) is 22.7 Å². The number of fused-ring (bicyclic) bond motifs is 3. The fourth-order valence-corrected chi connectivity index (χ4v) is 6.11. The number of urea groups is 1. The van der Waals surface area contributed by atoms with Gasteiger partial charge < -0.3 is 14.8 Å². The summed E-state index contributed by atoms with van der Waals surface area (Å²) in [7, 11) is -0.522. The molecule has 0 atom stereocenters. The van der Waals surface area contributed by atoms with Crippen LogP contribution >= 0.6 is 0 Å². The van der Waals surface area contributed by atoms with Gasteiger partial charge in [-0.05, 0) is 44.7 Å². The second-order valence-electron chi connectivity index (χ2n) is 9.54. The SMILES string of the molecule is CN(C)C(=O)N1CCC(c2ncnc3[nH]c4cc(S(=O)(=O)NC5(C)CC5)c(F)cc4c23)CC1. The number of aromatic amines is 1. The molecule has 3 heterocycles. The van der Waals surface area contributed by atoms with Crippen molar-refractivity contribution in [2.24, 2.45) is 0 Å². The third kappa shape index (κ3) is 3.93. The molecule has 2 N–H and O–H groups in total. The van der Waals surface area contributed by atoms with E-state index in [9.17, 15) is 13.2 Å². The summed E-state index contributed by atoms with van der Waals surface area (Å²) in [4.78, 5) is 27.2. The summed E-state index contributed by atoms with van der Waals surface area (Å²) in [5.41, 5.74) is 1.33. The van der Waals surface area contributed by atoms with Crippen molar-refractivity contribution < 1.29 is 17.6 Å². The van der Waals surface area contributed by atoms with E-state index in [0.717, 1.165) is 31.4 Å². The number of rotatable bonds is 4. The number of benzene rings is 1. The smallest absolute Gasteiger partial charge is 0.319 e. The average Bonchev–Trinajstić information content (AvgIpc) is 3.37. The quantitative estimate of drug-likeness (QED) is 0.604. The Labute approximate surface area is 191 Å². The number of sulfonamides is 1. The number of carbonyl (C=O) groups is 1. The lowest BCUT2D eigenvalue weighted by molar-refractivity contribution is 0.156. The highest BCUT2D eigenvalue weighted by Crippen LogP contribution is 2.38. The summed E-state index contributed by atoms with van der Waals surface area (Å²) in [6.07, 6.45) is 4.40. The lowest BCUT2D eigenvalue weighted by Crippen LogP contribution is -2.43. The van der Waals surface area contributed by atoms with Gasteiger partial charge in [0.05, 0.1) is 5.69 Å². The number of hydrogen-bond donors (Lipinski definition) is 2. The highest BCUT2D eigenvalue weighted by Gasteiger charge is 2.42. The lowest BCUT2D eigenvalue weighted by Gasteiger charge is -2.33. The fraction of sp³-hybridized carbons (Fsp3) is 0.500. The van der Waals surface area contributed by atoms with Crippen molar-refractivity contribution in [3.63, 3.8) is 0 Å². The second kappa shape index (κ2) is 7.63. The first-order chi connectivity index (χ1) is 15.6. The van der Waals surface area contributed by atoms with Crippen LogP contribution in [-0.2, 0) is 10.0 Å². The maximum absolute atomic E-state index is 15.1. The molecule has 0 unspecified atom stereocenters. The first-order valence-corrected chi connectivity index (χ1v) is 12.5. The van der Waals surface area contributed by atoms with Gasteiger partial charge in [-0.25, -0.2) is 32.3 Å². The Balaban J connectivity index is 1.51. The molecule has 5 rings (SSSR count). The van der Waals surface area contributed by atoms with Crippen LogP contribution in [0.5, 0.6) is 0 Å². The number of hydrogen-bond acceptors (Lipinski definition) is 5. The topological polar surface area (TPSA) is 111 Å². The molecule has 2 amide bonds. The van der Waals surface area contributed by atoms with Crippen molar-refractivity contribution in [3.05, 3.63) is 30.0 Å². The van der Waals surface area contributed by atoms with Crippen molar-refractivity contribution >= 4 is 38.0 Å². The molecule has 1 aliphatic carbocycles. The Morgan fingerprint density at radius 2 is 1.94 bits per heavy atom. The number of halogens is 1. The van der Waals surface area contributed by atoms with Crippen LogP contribution in [-0.4, -0.2) is 71.9 Å². The zero-order chi connectivity index (χ0) is 23.5. The molecule has 1 saturated carbocycles. The highest BCUT2D eigenvalue weighted by atomic mass is 32.2. The van der Waals surface area contributed by atoms with Crippen molar-refractivity contribution in [2.45, 2.75) is 49.0 Å². The molecule has 2 fully saturated rings. The summed E-state index contributed by atoms with van der Waals surface area (Å²) >= 11 is 0. The predicted molar refractivity (Wildman–Crippen MR) is 122 cm³/mol. The molecule has 0 radical (unpaired) electrons. The number of H-pyrrole nitrogens is 1. The van der Waals surface area contributed by atoms with Gasteiger partial charge in [-0.2, -0.15) is 0 Å². The van der Waals surface area contributed by atoms with Crippen molar-refractivity contribution in [3.8, 4) is 0 Å². The summed E-state index contributed by atoms with van der Waals surface area (Å²) in [5, 5.41) is 1.26. The molecule has 33 heavy (non-hydrogen) atoms. The number of likely N-dealkylation sites (tertiary alicyclic amines) is 1. The summed E-state index contributed by atoms with van der Waals surface area (Å²) in [6.45, 7) is 3.02. The van der Waals surface area contributed by atoms with E-state index in [0.29, 0.717) is 35.0 Å². The Hall–Kier alpha value is -2.79. The summed E-state index contributed by atoms with van der Waals surface area (Å²) < 4.78 is 43.3. The zero-order valence-corrected chi connectivity index (χ0v) is 19.7. The van der Waals surface area contributed by atoms with Gasteiger partial charge in [0.2, 0.25) is 10.0 Å². The Morgan fingerprint density at radius 1 is 1.24 bits per heavy atom. The number of nitrogens with zero attached hydrogens (tertiary/aromatic N) is 4. The molecule has 0 bridgehead atoms. The molecule has 1 saturated heterocycles. The largest absolute Gasteiger partial charge is 0.339 e. The number of piperidine rings is 1. The van der Waals surface area contributed by atoms with Crippen LogP contribution in [0, 0.1) is 5.82 Å². The van der Waals surface area contributed by atoms with E-state index in [2.05, 4.69) is 19.7 Å². The first-order valence-electron chi connectivity index (χ1n) is 11.0. The van der Waals surface area contributed by atoms with Crippen LogP contribution in [0.1, 0.15) is 44.2 Å². The number of amides is 2. The number of aromatic nitrogens is 3. The predicted octanol–water partition coefficient (Wildman–Crippen LogP) is 2.94. The fourth-order valence-electron chi connectivity index (χ4n) is 4.56.